The zero-order valence-corrected chi connectivity index (χ0v) is 15.8. The first kappa shape index (κ1) is 18.5. The predicted molar refractivity (Wildman–Crippen MR) is 102 cm³/mol. The molecule has 6 heteroatoms. The maximum atomic E-state index is 12.5. The first-order valence-electron chi connectivity index (χ1n) is 8.73. The first-order chi connectivity index (χ1) is 12.6. The largest absolute Gasteiger partial charge is 0.497 e. The third kappa shape index (κ3) is 4.11. The summed E-state index contributed by atoms with van der Waals surface area (Å²) in [5.74, 6) is 1.54. The van der Waals surface area contributed by atoms with Crippen molar-refractivity contribution in [3.63, 3.8) is 0 Å². The molecule has 1 aliphatic rings. The number of para-hydroxylation sites is 1. The van der Waals surface area contributed by atoms with Crippen LogP contribution in [0, 0.1) is 0 Å². The smallest absolute Gasteiger partial charge is 0.279 e. The number of methoxy groups -OCH3 is 2. The van der Waals surface area contributed by atoms with Crippen molar-refractivity contribution in [2.45, 2.75) is 18.9 Å². The van der Waals surface area contributed by atoms with Gasteiger partial charge >= 0.3 is 0 Å². The van der Waals surface area contributed by atoms with Crippen molar-refractivity contribution in [1.82, 2.24) is 0 Å². The SMILES string of the molecule is COc1ccc([C@H]2CCC[NH+]2CC(=O)Nc2ccccc2Cl)c(OC)c1. The monoisotopic (exact) mass is 375 g/mol. The Morgan fingerprint density at radius 3 is 2.77 bits per heavy atom. The fourth-order valence-electron chi connectivity index (χ4n) is 3.57. The predicted octanol–water partition coefficient (Wildman–Crippen LogP) is 2.72. The van der Waals surface area contributed by atoms with Crippen LogP contribution in [0.3, 0.4) is 0 Å². The minimum absolute atomic E-state index is 0.0347. The van der Waals surface area contributed by atoms with Crippen LogP contribution in [0.2, 0.25) is 5.02 Å². The van der Waals surface area contributed by atoms with Crippen LogP contribution in [0.25, 0.3) is 0 Å². The fraction of sp³-hybridized carbons (Fsp3) is 0.350. The van der Waals surface area contributed by atoms with Gasteiger partial charge in [-0.25, -0.2) is 0 Å². The number of amides is 1. The van der Waals surface area contributed by atoms with Crippen molar-refractivity contribution in [3.05, 3.63) is 53.1 Å². The molecule has 0 bridgehead atoms. The number of rotatable bonds is 6. The molecule has 1 unspecified atom stereocenters. The summed E-state index contributed by atoms with van der Waals surface area (Å²) in [7, 11) is 3.30. The van der Waals surface area contributed by atoms with Gasteiger partial charge in [-0.2, -0.15) is 0 Å². The van der Waals surface area contributed by atoms with Gasteiger partial charge in [0.1, 0.15) is 17.5 Å². The molecule has 26 heavy (non-hydrogen) atoms. The van der Waals surface area contributed by atoms with Crippen LogP contribution in [-0.2, 0) is 4.79 Å². The second-order valence-electron chi connectivity index (χ2n) is 6.42. The summed E-state index contributed by atoms with van der Waals surface area (Å²) < 4.78 is 10.8. The Labute approximate surface area is 158 Å². The summed E-state index contributed by atoms with van der Waals surface area (Å²) in [6, 6.07) is 13.4. The fourth-order valence-corrected chi connectivity index (χ4v) is 3.75. The lowest BCUT2D eigenvalue weighted by Gasteiger charge is -2.23. The van der Waals surface area contributed by atoms with Gasteiger partial charge in [0.15, 0.2) is 6.54 Å². The van der Waals surface area contributed by atoms with Crippen molar-refractivity contribution in [3.8, 4) is 11.5 Å². The van der Waals surface area contributed by atoms with Crippen LogP contribution in [0.15, 0.2) is 42.5 Å². The minimum Gasteiger partial charge on any atom is -0.497 e. The number of benzene rings is 2. The Kier molecular flexibility index (Phi) is 6.01. The number of hydrogen-bond donors (Lipinski definition) is 2. The van der Waals surface area contributed by atoms with E-state index in [0.717, 1.165) is 36.4 Å². The number of hydrogen-bond acceptors (Lipinski definition) is 3. The molecule has 1 saturated heterocycles. The van der Waals surface area contributed by atoms with E-state index in [0.29, 0.717) is 17.3 Å². The molecule has 0 radical (unpaired) electrons. The van der Waals surface area contributed by atoms with Crippen molar-refractivity contribution < 1.29 is 19.2 Å². The molecule has 0 aliphatic carbocycles. The number of quaternary nitrogens is 1. The van der Waals surface area contributed by atoms with Crippen LogP contribution < -0.4 is 19.7 Å². The second kappa shape index (κ2) is 8.43. The van der Waals surface area contributed by atoms with Crippen LogP contribution >= 0.6 is 11.6 Å². The minimum atomic E-state index is -0.0347. The van der Waals surface area contributed by atoms with Gasteiger partial charge in [0.25, 0.3) is 5.91 Å². The van der Waals surface area contributed by atoms with Crippen molar-refractivity contribution in [2.75, 3.05) is 32.6 Å². The zero-order chi connectivity index (χ0) is 18.5. The maximum absolute atomic E-state index is 12.5. The number of likely N-dealkylation sites (tertiary alicyclic amines) is 1. The van der Waals surface area contributed by atoms with Gasteiger partial charge < -0.3 is 19.7 Å². The molecule has 2 aromatic carbocycles. The van der Waals surface area contributed by atoms with Gasteiger partial charge in [-0.05, 0) is 24.3 Å². The highest BCUT2D eigenvalue weighted by molar-refractivity contribution is 6.33. The molecule has 0 saturated carbocycles. The van der Waals surface area contributed by atoms with E-state index in [1.54, 1.807) is 20.3 Å². The van der Waals surface area contributed by atoms with Crippen molar-refractivity contribution in [1.29, 1.82) is 0 Å². The average molecular weight is 376 g/mol. The first-order valence-corrected chi connectivity index (χ1v) is 9.11. The lowest BCUT2D eigenvalue weighted by Crippen LogP contribution is -3.11. The molecular weight excluding hydrogens is 352 g/mol. The Morgan fingerprint density at radius 1 is 1.23 bits per heavy atom. The van der Waals surface area contributed by atoms with Gasteiger partial charge in [-0.15, -0.1) is 0 Å². The number of ether oxygens (including phenoxy) is 2. The summed E-state index contributed by atoms with van der Waals surface area (Å²) >= 11 is 6.13. The summed E-state index contributed by atoms with van der Waals surface area (Å²) in [4.78, 5) is 13.7. The molecule has 1 fully saturated rings. The normalized spacial score (nSPS) is 19.2. The Bertz CT molecular complexity index is 781. The number of anilines is 1. The lowest BCUT2D eigenvalue weighted by atomic mass is 10.0. The van der Waals surface area contributed by atoms with Crippen molar-refractivity contribution in [2.24, 2.45) is 0 Å². The number of halogens is 1. The molecule has 1 amide bonds. The van der Waals surface area contributed by atoms with Gasteiger partial charge in [0, 0.05) is 18.9 Å². The highest BCUT2D eigenvalue weighted by Gasteiger charge is 2.33. The van der Waals surface area contributed by atoms with E-state index >= 15 is 0 Å². The van der Waals surface area contributed by atoms with Crippen LogP contribution in [0.5, 0.6) is 11.5 Å². The Hall–Kier alpha value is -2.24. The molecule has 5 nitrogen and oxygen atoms in total. The highest BCUT2D eigenvalue weighted by Crippen LogP contribution is 2.31. The van der Waals surface area contributed by atoms with Gasteiger partial charge in [-0.1, -0.05) is 23.7 Å². The molecule has 0 aromatic heterocycles. The molecule has 0 spiro atoms. The number of nitrogens with one attached hydrogen (secondary N) is 2. The van der Waals surface area contributed by atoms with E-state index in [9.17, 15) is 4.79 Å². The Morgan fingerprint density at radius 2 is 2.04 bits per heavy atom. The quantitative estimate of drug-likeness (QED) is 0.816. The molecule has 2 aromatic rings. The Balaban J connectivity index is 1.72. The zero-order valence-electron chi connectivity index (χ0n) is 15.0. The molecule has 1 heterocycles. The van der Waals surface area contributed by atoms with E-state index in [4.69, 9.17) is 21.1 Å². The second-order valence-corrected chi connectivity index (χ2v) is 6.82. The van der Waals surface area contributed by atoms with E-state index in [1.807, 2.05) is 36.4 Å². The average Bonchev–Trinajstić information content (AvgIpc) is 3.10. The topological polar surface area (TPSA) is 52.0 Å². The van der Waals surface area contributed by atoms with E-state index in [-0.39, 0.29) is 11.9 Å². The maximum Gasteiger partial charge on any atom is 0.279 e. The van der Waals surface area contributed by atoms with Crippen LogP contribution in [0.1, 0.15) is 24.4 Å². The van der Waals surface area contributed by atoms with E-state index in [2.05, 4.69) is 5.32 Å². The van der Waals surface area contributed by atoms with Gasteiger partial charge in [-0.3, -0.25) is 4.79 Å². The van der Waals surface area contributed by atoms with Crippen LogP contribution in [-0.4, -0.2) is 33.2 Å². The van der Waals surface area contributed by atoms with E-state index < -0.39 is 0 Å². The third-order valence-corrected chi connectivity index (χ3v) is 5.16. The summed E-state index contributed by atoms with van der Waals surface area (Å²) in [5, 5.41) is 3.46. The van der Waals surface area contributed by atoms with E-state index in [1.165, 1.54) is 4.90 Å². The van der Waals surface area contributed by atoms with Crippen molar-refractivity contribution >= 4 is 23.2 Å². The van der Waals surface area contributed by atoms with Crippen LogP contribution in [0.4, 0.5) is 5.69 Å². The molecular formula is C20H24ClN2O3+. The molecule has 3 rings (SSSR count). The summed E-state index contributed by atoms with van der Waals surface area (Å²) in [6.45, 7) is 1.35. The summed E-state index contributed by atoms with van der Waals surface area (Å²) in [6.07, 6.45) is 2.10. The van der Waals surface area contributed by atoms with Gasteiger partial charge in [0.2, 0.25) is 0 Å². The number of carbonyl (C=O) groups is 1. The lowest BCUT2D eigenvalue weighted by molar-refractivity contribution is -0.910. The molecule has 2 N–H and O–H groups in total. The van der Waals surface area contributed by atoms with Gasteiger partial charge in [0.05, 0.1) is 37.0 Å². The summed E-state index contributed by atoms with van der Waals surface area (Å²) in [5.41, 5.74) is 1.77. The molecule has 138 valence electrons. The molecule has 1 aliphatic heterocycles. The standard InChI is InChI=1S/C20H23ClN2O3/c1-25-14-9-10-15(19(12-14)26-2)18-8-5-11-23(18)13-20(24)22-17-7-4-3-6-16(17)21/h3-4,6-7,9-10,12,18H,5,8,11,13H2,1-2H3,(H,22,24)/p+1/t18-/m1/s1. The third-order valence-electron chi connectivity index (χ3n) is 4.84. The highest BCUT2D eigenvalue weighted by atomic mass is 35.5. The number of carbonyl (C=O) groups excluding carboxylic acids is 1. The molecule has 2 atom stereocenters.